The molecule has 0 radical (unpaired) electrons. The molecule has 0 aliphatic heterocycles. The van der Waals surface area contributed by atoms with Gasteiger partial charge in [-0.05, 0) is 35.9 Å². The zero-order valence-corrected chi connectivity index (χ0v) is 15.3. The minimum absolute atomic E-state index is 0.147. The van der Waals surface area contributed by atoms with Crippen LogP contribution in [0.4, 0.5) is 19.0 Å². The van der Waals surface area contributed by atoms with E-state index < -0.39 is 21.6 Å². The highest BCUT2D eigenvalue weighted by atomic mass is 32.2. The first-order valence-corrected chi connectivity index (χ1v) is 9.77. The molecule has 0 aliphatic rings. The van der Waals surface area contributed by atoms with E-state index >= 15 is 0 Å². The fourth-order valence-electron chi connectivity index (χ4n) is 2.70. The van der Waals surface area contributed by atoms with Gasteiger partial charge >= 0.3 is 6.18 Å². The van der Waals surface area contributed by atoms with E-state index in [9.17, 15) is 21.6 Å². The molecule has 0 spiro atoms. The Morgan fingerprint density at radius 3 is 2.30 bits per heavy atom. The summed E-state index contributed by atoms with van der Waals surface area (Å²) in [4.78, 5) is 10.2. The van der Waals surface area contributed by atoms with E-state index in [-0.39, 0.29) is 4.90 Å². The van der Waals surface area contributed by atoms with Gasteiger partial charge in [0.15, 0.2) is 9.84 Å². The summed E-state index contributed by atoms with van der Waals surface area (Å²) in [5.41, 5.74) is 0.530. The van der Waals surface area contributed by atoms with Crippen molar-refractivity contribution in [1.82, 2.24) is 9.97 Å². The lowest BCUT2D eigenvalue weighted by Gasteiger charge is -2.20. The van der Waals surface area contributed by atoms with Crippen molar-refractivity contribution in [2.75, 3.05) is 18.2 Å². The number of halogens is 3. The number of alkyl halides is 3. The average Bonchev–Trinajstić information content (AvgIpc) is 2.59. The third-order valence-corrected chi connectivity index (χ3v) is 5.19. The minimum atomic E-state index is -4.38. The molecule has 1 heterocycles. The van der Waals surface area contributed by atoms with Crippen molar-refractivity contribution in [3.63, 3.8) is 0 Å². The summed E-state index contributed by atoms with van der Waals surface area (Å²) in [5, 5.41) is 0.551. The molecule has 0 unspecified atom stereocenters. The highest BCUT2D eigenvalue weighted by molar-refractivity contribution is 7.90. The first kappa shape index (κ1) is 19.1. The molecule has 3 aromatic rings. The smallest absolute Gasteiger partial charge is 0.355 e. The molecule has 0 aliphatic carbocycles. The monoisotopic (exact) mass is 395 g/mol. The molecular weight excluding hydrogens is 379 g/mol. The average molecular weight is 395 g/mol. The van der Waals surface area contributed by atoms with E-state index in [1.807, 2.05) is 0 Å². The Balaban J connectivity index is 1.94. The zero-order chi connectivity index (χ0) is 19.8. The van der Waals surface area contributed by atoms with Crippen molar-refractivity contribution in [1.29, 1.82) is 0 Å². The predicted octanol–water partition coefficient (Wildman–Crippen LogP) is 3.69. The standard InChI is InChI=1S/C18H16F3N3O2S/c1-24(10-12-3-5-13(6-4-12)18(19,20)21)17-15-9-14(27(2,25)26)7-8-16(15)22-11-23-17/h3-9,11H,10H2,1-2H3. The summed E-state index contributed by atoms with van der Waals surface area (Å²) in [5.74, 6) is 0.491. The number of hydrogen-bond acceptors (Lipinski definition) is 5. The molecule has 27 heavy (non-hydrogen) atoms. The third-order valence-electron chi connectivity index (χ3n) is 4.08. The Hall–Kier alpha value is -2.68. The maximum atomic E-state index is 12.7. The molecule has 5 nitrogen and oxygen atoms in total. The summed E-state index contributed by atoms with van der Waals surface area (Å²) >= 11 is 0. The normalized spacial score (nSPS) is 12.3. The molecule has 0 saturated carbocycles. The van der Waals surface area contributed by atoms with Crippen molar-refractivity contribution in [3.8, 4) is 0 Å². The van der Waals surface area contributed by atoms with Gasteiger partial charge in [0.2, 0.25) is 0 Å². The van der Waals surface area contributed by atoms with Gasteiger partial charge in [0.1, 0.15) is 12.1 Å². The van der Waals surface area contributed by atoms with Crippen LogP contribution >= 0.6 is 0 Å². The van der Waals surface area contributed by atoms with Crippen molar-refractivity contribution in [2.45, 2.75) is 17.6 Å². The number of nitrogens with zero attached hydrogens (tertiary/aromatic N) is 3. The van der Waals surface area contributed by atoms with Crippen molar-refractivity contribution >= 4 is 26.6 Å². The molecule has 0 bridgehead atoms. The molecule has 142 valence electrons. The number of rotatable bonds is 4. The Kier molecular flexibility index (Phi) is 4.81. The highest BCUT2D eigenvalue weighted by Gasteiger charge is 2.30. The van der Waals surface area contributed by atoms with Crippen LogP contribution in [0.25, 0.3) is 10.9 Å². The fraction of sp³-hybridized carbons (Fsp3) is 0.222. The fourth-order valence-corrected chi connectivity index (χ4v) is 3.35. The van der Waals surface area contributed by atoms with Crippen LogP contribution in [0.2, 0.25) is 0 Å². The van der Waals surface area contributed by atoms with Crippen LogP contribution < -0.4 is 4.90 Å². The quantitative estimate of drug-likeness (QED) is 0.674. The van der Waals surface area contributed by atoms with Crippen molar-refractivity contribution in [2.24, 2.45) is 0 Å². The summed E-state index contributed by atoms with van der Waals surface area (Å²) in [7, 11) is -1.67. The van der Waals surface area contributed by atoms with Gasteiger partial charge in [-0.2, -0.15) is 13.2 Å². The molecule has 0 saturated heterocycles. The maximum absolute atomic E-state index is 12.7. The lowest BCUT2D eigenvalue weighted by atomic mass is 10.1. The second kappa shape index (κ2) is 6.80. The Morgan fingerprint density at radius 1 is 1.04 bits per heavy atom. The number of benzene rings is 2. The summed E-state index contributed by atoms with van der Waals surface area (Å²) in [6.45, 7) is 0.299. The van der Waals surface area contributed by atoms with Crippen molar-refractivity contribution in [3.05, 3.63) is 59.9 Å². The van der Waals surface area contributed by atoms with Crippen LogP contribution in [0.15, 0.2) is 53.7 Å². The Morgan fingerprint density at radius 2 is 1.70 bits per heavy atom. The summed E-state index contributed by atoms with van der Waals surface area (Å²) in [6, 6.07) is 9.46. The molecule has 0 fully saturated rings. The second-order valence-corrected chi connectivity index (χ2v) is 8.21. The maximum Gasteiger partial charge on any atom is 0.416 e. The number of fused-ring (bicyclic) bond motifs is 1. The number of aromatic nitrogens is 2. The van der Waals surface area contributed by atoms with Gasteiger partial charge in [-0.15, -0.1) is 0 Å². The molecule has 0 amide bonds. The van der Waals surface area contributed by atoms with Gasteiger partial charge in [0.05, 0.1) is 16.0 Å². The molecule has 2 aromatic carbocycles. The topological polar surface area (TPSA) is 63.2 Å². The Bertz CT molecular complexity index is 1080. The molecular formula is C18H16F3N3O2S. The molecule has 3 rings (SSSR count). The lowest BCUT2D eigenvalue weighted by molar-refractivity contribution is -0.137. The van der Waals surface area contributed by atoms with Gasteiger partial charge in [0.25, 0.3) is 0 Å². The van der Waals surface area contributed by atoms with Crippen LogP contribution in [0.3, 0.4) is 0 Å². The predicted molar refractivity (Wildman–Crippen MR) is 96.2 cm³/mol. The number of anilines is 1. The minimum Gasteiger partial charge on any atom is -0.355 e. The van der Waals surface area contributed by atoms with Crippen LogP contribution in [-0.4, -0.2) is 31.7 Å². The SMILES string of the molecule is CN(Cc1ccc(C(F)(F)F)cc1)c1ncnc2ccc(S(C)(=O)=O)cc12. The summed E-state index contributed by atoms with van der Waals surface area (Å²) in [6.07, 6.45) is -1.90. The van der Waals surface area contributed by atoms with Crippen LogP contribution in [-0.2, 0) is 22.6 Å². The van der Waals surface area contributed by atoms with Gasteiger partial charge < -0.3 is 4.90 Å². The van der Waals surface area contributed by atoms with E-state index in [4.69, 9.17) is 0 Å². The van der Waals surface area contributed by atoms with Gasteiger partial charge in [0, 0.05) is 25.2 Å². The number of hydrogen-bond donors (Lipinski definition) is 0. The number of sulfone groups is 1. The van der Waals surface area contributed by atoms with Crippen molar-refractivity contribution < 1.29 is 21.6 Å². The van der Waals surface area contributed by atoms with E-state index in [0.717, 1.165) is 18.4 Å². The van der Waals surface area contributed by atoms with Crippen LogP contribution in [0.5, 0.6) is 0 Å². The van der Waals surface area contributed by atoms with Crippen LogP contribution in [0.1, 0.15) is 11.1 Å². The van der Waals surface area contributed by atoms with Crippen LogP contribution in [0, 0.1) is 0 Å². The van der Waals surface area contributed by atoms with E-state index in [0.29, 0.717) is 28.8 Å². The van der Waals surface area contributed by atoms with Gasteiger partial charge in [-0.1, -0.05) is 12.1 Å². The largest absolute Gasteiger partial charge is 0.416 e. The first-order valence-electron chi connectivity index (χ1n) is 7.88. The van der Waals surface area contributed by atoms with Gasteiger partial charge in [-0.3, -0.25) is 0 Å². The van der Waals surface area contributed by atoms with Gasteiger partial charge in [-0.25, -0.2) is 18.4 Å². The molecule has 1 aromatic heterocycles. The summed E-state index contributed by atoms with van der Waals surface area (Å²) < 4.78 is 61.7. The molecule has 9 heteroatoms. The van der Waals surface area contributed by atoms with E-state index in [2.05, 4.69) is 9.97 Å². The first-order chi connectivity index (χ1) is 12.6. The molecule has 0 atom stereocenters. The zero-order valence-electron chi connectivity index (χ0n) is 14.5. The highest BCUT2D eigenvalue weighted by Crippen LogP contribution is 2.30. The van der Waals surface area contributed by atoms with E-state index in [1.54, 1.807) is 18.0 Å². The Labute approximate surface area is 154 Å². The molecule has 0 N–H and O–H groups in total. The lowest BCUT2D eigenvalue weighted by Crippen LogP contribution is -2.18. The third kappa shape index (κ3) is 4.19. The second-order valence-electron chi connectivity index (χ2n) is 6.20. The van der Waals surface area contributed by atoms with E-state index in [1.165, 1.54) is 30.6 Å².